The molecule has 6 rings (SSSR count). The maximum Gasteiger partial charge on any atom is 0.121 e. The van der Waals surface area contributed by atoms with Gasteiger partial charge >= 0.3 is 0 Å². The van der Waals surface area contributed by atoms with Crippen molar-refractivity contribution >= 4 is 17.1 Å². The molecule has 0 heterocycles. The average molecular weight is 630 g/mol. The summed E-state index contributed by atoms with van der Waals surface area (Å²) in [4.78, 5) is 2.42. The summed E-state index contributed by atoms with van der Waals surface area (Å²) >= 11 is 0. The zero-order valence-electron chi connectivity index (χ0n) is 29.6. The monoisotopic (exact) mass is 629 g/mol. The lowest BCUT2D eigenvalue weighted by Gasteiger charge is -2.31. The van der Waals surface area contributed by atoms with Crippen LogP contribution in [0.5, 0.6) is 5.75 Å². The van der Waals surface area contributed by atoms with Crippen molar-refractivity contribution in [3.8, 4) is 39.1 Å². The first kappa shape index (κ1) is 32.8. The molecule has 2 nitrogen and oxygen atoms in total. The molecule has 0 spiro atoms. The molecule has 6 aromatic carbocycles. The molecule has 242 valence electrons. The summed E-state index contributed by atoms with van der Waals surface area (Å²) in [6.45, 7) is 15.9. The van der Waals surface area contributed by atoms with E-state index in [0.29, 0.717) is 0 Å². The quantitative estimate of drug-likeness (QED) is 0.174. The number of benzene rings is 6. The zero-order chi connectivity index (χ0) is 34.1. The van der Waals surface area contributed by atoms with Crippen molar-refractivity contribution in [2.45, 2.75) is 59.3 Å². The van der Waals surface area contributed by atoms with Crippen LogP contribution in [-0.4, -0.2) is 7.11 Å². The van der Waals surface area contributed by atoms with E-state index in [0.717, 1.165) is 39.5 Å². The van der Waals surface area contributed by atoms with Crippen LogP contribution in [-0.2, 0) is 10.8 Å². The van der Waals surface area contributed by atoms with E-state index < -0.39 is 0 Å². The molecule has 2 heteroatoms. The first-order valence-electron chi connectivity index (χ1n) is 16.9. The van der Waals surface area contributed by atoms with Crippen LogP contribution < -0.4 is 9.64 Å². The third-order valence-corrected chi connectivity index (χ3v) is 9.07. The number of para-hydroxylation sites is 1. The smallest absolute Gasteiger partial charge is 0.121 e. The number of ether oxygens (including phenoxy) is 1. The highest BCUT2D eigenvalue weighted by atomic mass is 16.5. The number of rotatable bonds is 7. The highest BCUT2D eigenvalue weighted by molar-refractivity contribution is 5.98. The Morgan fingerprint density at radius 1 is 0.458 bits per heavy atom. The Labute approximate surface area is 287 Å². The SMILES string of the molecule is COc1cc(-c2cc(C(C)(C)C)cc(C(C)(C)C)c2)cc(N(c2cccc(C)c2)c2c(-c3ccccc3)cccc2-c2ccccc2)c1. The Hall–Kier alpha value is -5.08. The summed E-state index contributed by atoms with van der Waals surface area (Å²) in [7, 11) is 1.76. The zero-order valence-corrected chi connectivity index (χ0v) is 29.6. The fraction of sp³-hybridized carbons (Fsp3) is 0.217. The van der Waals surface area contributed by atoms with Crippen molar-refractivity contribution in [3.63, 3.8) is 0 Å². The van der Waals surface area contributed by atoms with Crippen molar-refractivity contribution in [2.24, 2.45) is 0 Å². The Morgan fingerprint density at radius 2 is 0.979 bits per heavy atom. The molecule has 48 heavy (non-hydrogen) atoms. The minimum absolute atomic E-state index is 0.00448. The standard InChI is InChI=1S/C46H47NO/c1-32-17-15-22-39(25-32)47(44-42(33-18-11-9-12-19-33)23-16-24-43(44)34-20-13-10-14-21-34)40-28-36(29-41(31-40)48-8)35-26-37(45(2,3)4)30-38(27-35)46(5,6)7/h9-31H,1-8H3. The van der Waals surface area contributed by atoms with E-state index in [9.17, 15) is 0 Å². The average Bonchev–Trinajstić information content (AvgIpc) is 3.08. The van der Waals surface area contributed by atoms with Gasteiger partial charge in [0.15, 0.2) is 0 Å². The molecule has 0 aliphatic heterocycles. The van der Waals surface area contributed by atoms with Gasteiger partial charge in [0.2, 0.25) is 0 Å². The maximum atomic E-state index is 6.06. The van der Waals surface area contributed by atoms with Crippen LogP contribution in [0.15, 0.2) is 140 Å². The second-order valence-corrected chi connectivity index (χ2v) is 14.8. The van der Waals surface area contributed by atoms with E-state index >= 15 is 0 Å². The lowest BCUT2D eigenvalue weighted by molar-refractivity contribution is 0.415. The minimum Gasteiger partial charge on any atom is -0.497 e. The van der Waals surface area contributed by atoms with Crippen molar-refractivity contribution in [3.05, 3.63) is 156 Å². The Balaban J connectivity index is 1.69. The second-order valence-electron chi connectivity index (χ2n) is 14.8. The van der Waals surface area contributed by atoms with Crippen LogP contribution >= 0.6 is 0 Å². The molecular weight excluding hydrogens is 583 g/mol. The van der Waals surface area contributed by atoms with E-state index in [1.54, 1.807) is 7.11 Å². The molecule has 0 fully saturated rings. The van der Waals surface area contributed by atoms with Crippen molar-refractivity contribution < 1.29 is 4.74 Å². The molecule has 0 amide bonds. The van der Waals surface area contributed by atoms with Crippen LogP contribution in [0, 0.1) is 6.92 Å². The maximum absolute atomic E-state index is 6.06. The van der Waals surface area contributed by atoms with Crippen molar-refractivity contribution in [2.75, 3.05) is 12.0 Å². The number of hydrogen-bond donors (Lipinski definition) is 0. The molecule has 0 atom stereocenters. The number of nitrogens with zero attached hydrogens (tertiary/aromatic N) is 1. The van der Waals surface area contributed by atoms with Crippen molar-refractivity contribution in [1.82, 2.24) is 0 Å². The Kier molecular flexibility index (Phi) is 9.03. The molecule has 0 aliphatic rings. The van der Waals surface area contributed by atoms with Gasteiger partial charge in [-0.1, -0.05) is 151 Å². The molecule has 0 unspecified atom stereocenters. The Bertz CT molecular complexity index is 1940. The molecule has 0 bridgehead atoms. The van der Waals surface area contributed by atoms with Gasteiger partial charge in [0, 0.05) is 22.9 Å². The second kappa shape index (κ2) is 13.2. The molecule has 0 saturated carbocycles. The molecule has 0 aromatic heterocycles. The molecule has 0 saturated heterocycles. The fourth-order valence-corrected chi connectivity index (χ4v) is 6.32. The Morgan fingerprint density at radius 3 is 1.48 bits per heavy atom. The number of aryl methyl sites for hydroxylation is 1. The third kappa shape index (κ3) is 6.94. The predicted octanol–water partition coefficient (Wildman–Crippen LogP) is 13.1. The third-order valence-electron chi connectivity index (χ3n) is 9.07. The summed E-state index contributed by atoms with van der Waals surface area (Å²) < 4.78 is 6.06. The normalized spacial score (nSPS) is 11.8. The first-order chi connectivity index (χ1) is 22.9. The van der Waals surface area contributed by atoms with Gasteiger partial charge in [0.25, 0.3) is 0 Å². The van der Waals surface area contributed by atoms with Gasteiger partial charge in [0.05, 0.1) is 18.5 Å². The highest BCUT2D eigenvalue weighted by Gasteiger charge is 2.25. The van der Waals surface area contributed by atoms with Crippen LogP contribution in [0.1, 0.15) is 58.2 Å². The molecule has 6 aromatic rings. The summed E-state index contributed by atoms with van der Waals surface area (Å²) in [6.07, 6.45) is 0. The molecule has 0 N–H and O–H groups in total. The van der Waals surface area contributed by atoms with E-state index in [-0.39, 0.29) is 10.8 Å². The fourth-order valence-electron chi connectivity index (χ4n) is 6.32. The van der Waals surface area contributed by atoms with E-state index in [4.69, 9.17) is 4.74 Å². The predicted molar refractivity (Wildman–Crippen MR) is 206 cm³/mol. The molecule has 0 aliphatic carbocycles. The van der Waals surface area contributed by atoms with E-state index in [2.05, 4.69) is 193 Å². The first-order valence-corrected chi connectivity index (χ1v) is 16.9. The van der Waals surface area contributed by atoms with Crippen molar-refractivity contribution in [1.29, 1.82) is 0 Å². The number of hydrogen-bond acceptors (Lipinski definition) is 2. The highest BCUT2D eigenvalue weighted by Crippen LogP contribution is 2.48. The summed E-state index contributed by atoms with van der Waals surface area (Å²) in [6, 6.07) is 50.6. The summed E-state index contributed by atoms with van der Waals surface area (Å²) in [5, 5.41) is 0. The van der Waals surface area contributed by atoms with Crippen LogP contribution in [0.4, 0.5) is 17.1 Å². The van der Waals surface area contributed by atoms with Crippen LogP contribution in [0.2, 0.25) is 0 Å². The van der Waals surface area contributed by atoms with E-state index in [1.165, 1.54) is 33.4 Å². The van der Waals surface area contributed by atoms with Gasteiger partial charge in [-0.15, -0.1) is 0 Å². The molecule has 0 radical (unpaired) electrons. The minimum atomic E-state index is 0.00448. The number of anilines is 3. The van der Waals surface area contributed by atoms with Gasteiger partial charge in [0.1, 0.15) is 5.75 Å². The van der Waals surface area contributed by atoms with Crippen LogP contribution in [0.3, 0.4) is 0 Å². The lowest BCUT2D eigenvalue weighted by atomic mass is 9.79. The molecular formula is C46H47NO. The summed E-state index contributed by atoms with van der Waals surface area (Å²) in [5.41, 5.74) is 14.1. The van der Waals surface area contributed by atoms with Gasteiger partial charge in [-0.05, 0) is 81.0 Å². The summed E-state index contributed by atoms with van der Waals surface area (Å²) in [5.74, 6) is 0.817. The van der Waals surface area contributed by atoms with Gasteiger partial charge in [-0.25, -0.2) is 0 Å². The largest absolute Gasteiger partial charge is 0.497 e. The van der Waals surface area contributed by atoms with Gasteiger partial charge in [-0.3, -0.25) is 0 Å². The van der Waals surface area contributed by atoms with Gasteiger partial charge in [-0.2, -0.15) is 0 Å². The van der Waals surface area contributed by atoms with Gasteiger partial charge < -0.3 is 9.64 Å². The lowest BCUT2D eigenvalue weighted by Crippen LogP contribution is -2.16. The number of methoxy groups -OCH3 is 1. The topological polar surface area (TPSA) is 12.5 Å². The van der Waals surface area contributed by atoms with E-state index in [1.807, 2.05) is 0 Å². The van der Waals surface area contributed by atoms with Crippen LogP contribution in [0.25, 0.3) is 33.4 Å².